The fraction of sp³-hybridized carbons (Fsp3) is 0.542. The fourth-order valence-corrected chi connectivity index (χ4v) is 5.73. The highest BCUT2D eigenvalue weighted by Gasteiger charge is 2.30. The summed E-state index contributed by atoms with van der Waals surface area (Å²) in [4.78, 5) is 28.4. The number of benzene rings is 1. The van der Waals surface area contributed by atoms with Crippen molar-refractivity contribution in [3.63, 3.8) is 0 Å². The molecule has 0 atom stereocenters. The van der Waals surface area contributed by atoms with Gasteiger partial charge in [-0.25, -0.2) is 23.0 Å². The van der Waals surface area contributed by atoms with Gasteiger partial charge in [-0.1, -0.05) is 0 Å². The summed E-state index contributed by atoms with van der Waals surface area (Å²) in [5, 5.41) is 15.2. The molecule has 1 fully saturated rings. The highest BCUT2D eigenvalue weighted by Crippen LogP contribution is 2.40. The molecule has 1 aromatic heterocycles. The standard InChI is InChI=1S/C24H34N4O6S2/c1-14(2)34-23(31)27-16-8-6-15(7-9-16)21-25-13-20(35-21)18-11-10-17(26-22(29)30)12-19(18)28-36(32,33)24(3,4)5/h10-16,26,28H,6-9H2,1-5H3,(H,27,31)(H,29,30). The lowest BCUT2D eigenvalue weighted by Crippen LogP contribution is -2.38. The smallest absolute Gasteiger partial charge is 0.409 e. The summed E-state index contributed by atoms with van der Waals surface area (Å²) in [6.45, 7) is 8.39. The number of alkyl carbamates (subject to hydrolysis) is 1. The number of sulfonamides is 1. The lowest BCUT2D eigenvalue weighted by Gasteiger charge is -2.28. The first-order valence-corrected chi connectivity index (χ1v) is 14.1. The Hall–Kier alpha value is -2.86. The highest BCUT2D eigenvalue weighted by atomic mass is 32.2. The third-order valence-electron chi connectivity index (χ3n) is 5.85. The first-order valence-electron chi connectivity index (χ1n) is 11.8. The number of carboxylic acid groups (broad SMARTS) is 1. The molecule has 2 amide bonds. The van der Waals surface area contributed by atoms with Gasteiger partial charge in [-0.05, 0) is 78.5 Å². The molecule has 1 saturated carbocycles. The van der Waals surface area contributed by atoms with Gasteiger partial charge in [-0.15, -0.1) is 11.3 Å². The fourth-order valence-electron chi connectivity index (χ4n) is 3.84. The molecule has 0 saturated heterocycles. The largest absolute Gasteiger partial charge is 0.465 e. The quantitative estimate of drug-likeness (QED) is 0.359. The van der Waals surface area contributed by atoms with Crippen LogP contribution in [0.2, 0.25) is 0 Å². The Bertz CT molecular complexity index is 1200. The van der Waals surface area contributed by atoms with Crippen LogP contribution >= 0.6 is 11.3 Å². The van der Waals surface area contributed by atoms with Gasteiger partial charge < -0.3 is 15.2 Å². The Morgan fingerprint density at radius 3 is 2.42 bits per heavy atom. The maximum Gasteiger partial charge on any atom is 0.409 e. The van der Waals surface area contributed by atoms with E-state index in [1.54, 1.807) is 39.1 Å². The molecule has 3 rings (SSSR count). The zero-order valence-corrected chi connectivity index (χ0v) is 22.8. The van der Waals surface area contributed by atoms with E-state index in [-0.39, 0.29) is 29.4 Å². The predicted molar refractivity (Wildman–Crippen MR) is 141 cm³/mol. The van der Waals surface area contributed by atoms with Crippen molar-refractivity contribution in [2.24, 2.45) is 0 Å². The molecule has 2 aromatic rings. The van der Waals surface area contributed by atoms with Crippen molar-refractivity contribution < 1.29 is 27.9 Å². The summed E-state index contributed by atoms with van der Waals surface area (Å²) in [5.74, 6) is 0.241. The van der Waals surface area contributed by atoms with Gasteiger partial charge in [0, 0.05) is 29.4 Å². The van der Waals surface area contributed by atoms with Crippen molar-refractivity contribution >= 4 is 44.9 Å². The number of rotatable bonds is 7. The van der Waals surface area contributed by atoms with Gasteiger partial charge in [-0.3, -0.25) is 10.0 Å². The minimum atomic E-state index is -3.75. The van der Waals surface area contributed by atoms with E-state index < -0.39 is 27.0 Å². The second-order valence-corrected chi connectivity index (χ2v) is 13.6. The number of ether oxygens (including phenoxy) is 1. The average molecular weight is 539 g/mol. The zero-order valence-electron chi connectivity index (χ0n) is 21.1. The second kappa shape index (κ2) is 11.0. The van der Waals surface area contributed by atoms with E-state index in [4.69, 9.17) is 9.84 Å². The predicted octanol–water partition coefficient (Wildman–Crippen LogP) is 5.60. The second-order valence-electron chi connectivity index (χ2n) is 10.1. The Morgan fingerprint density at radius 2 is 1.83 bits per heavy atom. The van der Waals surface area contributed by atoms with Gasteiger partial charge >= 0.3 is 12.2 Å². The van der Waals surface area contributed by atoms with E-state index in [1.807, 2.05) is 13.8 Å². The topological polar surface area (TPSA) is 147 Å². The minimum Gasteiger partial charge on any atom is -0.465 e. The van der Waals surface area contributed by atoms with Crippen LogP contribution in [0.25, 0.3) is 10.4 Å². The van der Waals surface area contributed by atoms with E-state index in [1.165, 1.54) is 17.4 Å². The van der Waals surface area contributed by atoms with E-state index >= 15 is 0 Å². The molecular weight excluding hydrogens is 504 g/mol. The summed E-state index contributed by atoms with van der Waals surface area (Å²) in [5.41, 5.74) is 1.15. The van der Waals surface area contributed by atoms with Crippen LogP contribution in [0.3, 0.4) is 0 Å². The van der Waals surface area contributed by atoms with Crippen molar-refractivity contribution in [3.8, 4) is 10.4 Å². The van der Waals surface area contributed by atoms with Gasteiger partial charge in [0.2, 0.25) is 10.0 Å². The third kappa shape index (κ3) is 7.10. The van der Waals surface area contributed by atoms with Crippen LogP contribution in [0.15, 0.2) is 24.4 Å². The molecule has 1 aliphatic carbocycles. The first kappa shape index (κ1) is 27.7. The van der Waals surface area contributed by atoms with Crippen LogP contribution in [0, 0.1) is 0 Å². The van der Waals surface area contributed by atoms with Gasteiger partial charge in [0.15, 0.2) is 0 Å². The summed E-state index contributed by atoms with van der Waals surface area (Å²) in [7, 11) is -3.75. The molecule has 0 radical (unpaired) electrons. The summed E-state index contributed by atoms with van der Waals surface area (Å²) in [6.07, 6.45) is 3.29. The Labute approximate surface area is 215 Å². The van der Waals surface area contributed by atoms with Crippen molar-refractivity contribution in [2.75, 3.05) is 10.0 Å². The average Bonchev–Trinajstić information content (AvgIpc) is 3.22. The molecule has 12 heteroatoms. The van der Waals surface area contributed by atoms with Crippen molar-refractivity contribution in [3.05, 3.63) is 29.4 Å². The van der Waals surface area contributed by atoms with E-state index in [0.717, 1.165) is 35.6 Å². The number of nitrogens with zero attached hydrogens (tertiary/aromatic N) is 1. The van der Waals surface area contributed by atoms with Crippen LogP contribution in [0.4, 0.5) is 21.0 Å². The third-order valence-corrected chi connectivity index (χ3v) is 9.15. The summed E-state index contributed by atoms with van der Waals surface area (Å²) < 4.78 is 32.5. The molecule has 1 aromatic carbocycles. The monoisotopic (exact) mass is 538 g/mol. The van der Waals surface area contributed by atoms with Crippen LogP contribution < -0.4 is 15.4 Å². The van der Waals surface area contributed by atoms with Gasteiger partial charge in [-0.2, -0.15) is 0 Å². The van der Waals surface area contributed by atoms with Crippen molar-refractivity contribution in [1.29, 1.82) is 0 Å². The molecule has 4 N–H and O–H groups in total. The summed E-state index contributed by atoms with van der Waals surface area (Å²) in [6, 6.07) is 4.81. The number of nitrogens with one attached hydrogen (secondary N) is 3. The van der Waals surface area contributed by atoms with Crippen LogP contribution in [0.1, 0.15) is 71.2 Å². The maximum atomic E-state index is 12.9. The molecule has 198 valence electrons. The molecule has 1 aliphatic rings. The van der Waals surface area contributed by atoms with E-state index in [2.05, 4.69) is 20.3 Å². The van der Waals surface area contributed by atoms with Crippen molar-refractivity contribution in [2.45, 2.75) is 83.1 Å². The van der Waals surface area contributed by atoms with Crippen LogP contribution in [0.5, 0.6) is 0 Å². The first-order chi connectivity index (χ1) is 16.7. The number of hydrogen-bond donors (Lipinski definition) is 4. The number of carbonyl (C=O) groups excluding carboxylic acids is 1. The maximum absolute atomic E-state index is 12.9. The molecule has 36 heavy (non-hydrogen) atoms. The molecule has 1 heterocycles. The lowest BCUT2D eigenvalue weighted by molar-refractivity contribution is 0.109. The molecule has 0 spiro atoms. The number of hydrogen-bond acceptors (Lipinski definition) is 7. The Kier molecular flexibility index (Phi) is 8.50. The number of thiazole rings is 1. The molecule has 10 nitrogen and oxygen atoms in total. The van der Waals surface area contributed by atoms with E-state index in [0.29, 0.717) is 5.56 Å². The van der Waals surface area contributed by atoms with Crippen LogP contribution in [-0.2, 0) is 14.8 Å². The lowest BCUT2D eigenvalue weighted by atomic mass is 9.86. The van der Waals surface area contributed by atoms with Gasteiger partial charge in [0.05, 0.1) is 26.4 Å². The molecule has 0 unspecified atom stereocenters. The normalized spacial score (nSPS) is 18.5. The number of amides is 2. The number of aromatic nitrogens is 1. The van der Waals surface area contributed by atoms with Crippen molar-refractivity contribution in [1.82, 2.24) is 10.3 Å². The molecule has 0 bridgehead atoms. The van der Waals surface area contributed by atoms with Gasteiger partial charge in [0.25, 0.3) is 0 Å². The van der Waals surface area contributed by atoms with Gasteiger partial charge in [0.1, 0.15) is 0 Å². The SMILES string of the molecule is CC(C)OC(=O)NC1CCC(c2ncc(-c3ccc(NC(=O)O)cc3NS(=O)(=O)C(C)(C)C)s2)CC1. The molecule has 0 aliphatic heterocycles. The number of anilines is 2. The minimum absolute atomic E-state index is 0.0691. The number of carbonyl (C=O) groups is 2. The zero-order chi connectivity index (χ0) is 26.7. The highest BCUT2D eigenvalue weighted by molar-refractivity contribution is 7.94. The Morgan fingerprint density at radius 1 is 1.17 bits per heavy atom. The van der Waals surface area contributed by atoms with E-state index in [9.17, 15) is 18.0 Å². The molecular formula is C24H34N4O6S2. The summed E-state index contributed by atoms with van der Waals surface area (Å²) >= 11 is 1.49. The van der Waals surface area contributed by atoms with Crippen LogP contribution in [-0.4, -0.2) is 47.6 Å². The Balaban J connectivity index is 1.78.